The maximum absolute atomic E-state index is 12.0. The molecule has 0 atom stereocenters. The smallest absolute Gasteiger partial charge is 0.219 e. The Morgan fingerprint density at radius 2 is 2.22 bits per heavy atom. The van der Waals surface area contributed by atoms with Crippen LogP contribution in [0.1, 0.15) is 16.1 Å². The summed E-state index contributed by atoms with van der Waals surface area (Å²) >= 11 is 0. The Labute approximate surface area is 104 Å². The van der Waals surface area contributed by atoms with E-state index >= 15 is 0 Å². The van der Waals surface area contributed by atoms with Crippen molar-refractivity contribution < 1.29 is 9.21 Å². The zero-order valence-corrected chi connectivity index (χ0v) is 9.96. The maximum Gasteiger partial charge on any atom is 0.219 e. The highest BCUT2D eigenvalue weighted by Gasteiger charge is 2.12. The molecule has 0 unspecified atom stereocenters. The fourth-order valence-electron chi connectivity index (χ4n) is 1.90. The number of nitrogens with zero attached hydrogens (tertiary/aromatic N) is 2. The van der Waals surface area contributed by atoms with Crippen LogP contribution >= 0.6 is 0 Å². The molecule has 0 saturated heterocycles. The first-order valence-corrected chi connectivity index (χ1v) is 5.73. The van der Waals surface area contributed by atoms with Crippen LogP contribution in [0, 0.1) is 6.92 Å². The van der Waals surface area contributed by atoms with Crippen molar-refractivity contribution in [2.24, 2.45) is 0 Å². The summed E-state index contributed by atoms with van der Waals surface area (Å²) in [5.74, 6) is 0.304. The standard InChI is InChI=1S/C14H12N2O2/c1-10-7-15-16(8-10)9-12(17)14-6-11-4-2-3-5-13(11)18-14/h2-8H,9H2,1H3. The molecule has 0 saturated carbocycles. The number of rotatable bonds is 3. The van der Waals surface area contributed by atoms with Crippen LogP contribution in [0.25, 0.3) is 11.0 Å². The van der Waals surface area contributed by atoms with Gasteiger partial charge in [0.2, 0.25) is 5.78 Å². The first-order chi connectivity index (χ1) is 8.72. The van der Waals surface area contributed by atoms with E-state index in [1.54, 1.807) is 16.9 Å². The summed E-state index contributed by atoms with van der Waals surface area (Å²) in [6.07, 6.45) is 3.56. The van der Waals surface area contributed by atoms with E-state index in [-0.39, 0.29) is 12.3 Å². The van der Waals surface area contributed by atoms with E-state index in [0.717, 1.165) is 16.5 Å². The van der Waals surface area contributed by atoms with Crippen molar-refractivity contribution in [2.45, 2.75) is 13.5 Å². The van der Waals surface area contributed by atoms with Gasteiger partial charge >= 0.3 is 0 Å². The molecule has 0 fully saturated rings. The van der Waals surface area contributed by atoms with Crippen molar-refractivity contribution in [1.29, 1.82) is 0 Å². The van der Waals surface area contributed by atoms with Crippen LogP contribution < -0.4 is 0 Å². The summed E-state index contributed by atoms with van der Waals surface area (Å²) in [6, 6.07) is 9.35. The van der Waals surface area contributed by atoms with E-state index in [2.05, 4.69) is 5.10 Å². The number of benzene rings is 1. The average Bonchev–Trinajstić information content (AvgIpc) is 2.95. The average molecular weight is 240 g/mol. The van der Waals surface area contributed by atoms with Crippen molar-refractivity contribution in [3.63, 3.8) is 0 Å². The number of aryl methyl sites for hydroxylation is 1. The highest BCUT2D eigenvalue weighted by molar-refractivity contribution is 5.97. The molecule has 0 radical (unpaired) electrons. The number of carbonyl (C=O) groups is 1. The molecule has 0 aliphatic rings. The third-order valence-corrected chi connectivity index (χ3v) is 2.77. The Hall–Kier alpha value is -2.36. The van der Waals surface area contributed by atoms with Crippen molar-refractivity contribution in [3.8, 4) is 0 Å². The van der Waals surface area contributed by atoms with Crippen LogP contribution in [-0.4, -0.2) is 15.6 Å². The fraction of sp³-hybridized carbons (Fsp3) is 0.143. The molecule has 0 bridgehead atoms. The van der Waals surface area contributed by atoms with Gasteiger partial charge < -0.3 is 4.42 Å². The van der Waals surface area contributed by atoms with E-state index in [9.17, 15) is 4.79 Å². The van der Waals surface area contributed by atoms with Crippen LogP contribution in [0.3, 0.4) is 0 Å². The quantitative estimate of drug-likeness (QED) is 0.661. The van der Waals surface area contributed by atoms with Gasteiger partial charge in [0.25, 0.3) is 0 Å². The highest BCUT2D eigenvalue weighted by Crippen LogP contribution is 2.19. The molecule has 0 aliphatic carbocycles. The van der Waals surface area contributed by atoms with Gasteiger partial charge in [-0.1, -0.05) is 18.2 Å². The minimum Gasteiger partial charge on any atom is -0.453 e. The summed E-state index contributed by atoms with van der Waals surface area (Å²) in [7, 11) is 0. The molecule has 4 heteroatoms. The lowest BCUT2D eigenvalue weighted by atomic mass is 10.2. The molecule has 1 aromatic carbocycles. The molecule has 3 aromatic rings. The first-order valence-electron chi connectivity index (χ1n) is 5.73. The lowest BCUT2D eigenvalue weighted by Crippen LogP contribution is -2.09. The van der Waals surface area contributed by atoms with Crippen LogP contribution in [-0.2, 0) is 6.54 Å². The second kappa shape index (κ2) is 4.14. The van der Waals surface area contributed by atoms with Gasteiger partial charge in [-0.05, 0) is 24.6 Å². The molecule has 2 heterocycles. The third-order valence-electron chi connectivity index (χ3n) is 2.77. The van der Waals surface area contributed by atoms with Gasteiger partial charge in [-0.15, -0.1) is 0 Å². The molecule has 2 aromatic heterocycles. The number of Topliss-reactive ketones (excluding diaryl/α,β-unsaturated/α-hetero) is 1. The van der Waals surface area contributed by atoms with E-state index in [0.29, 0.717) is 5.76 Å². The topological polar surface area (TPSA) is 48.0 Å². The summed E-state index contributed by atoms with van der Waals surface area (Å²) in [6.45, 7) is 2.14. The number of ketones is 1. The number of carbonyl (C=O) groups excluding carboxylic acids is 1. The number of aromatic nitrogens is 2. The molecule has 4 nitrogen and oxygen atoms in total. The second-order valence-electron chi connectivity index (χ2n) is 4.29. The van der Waals surface area contributed by atoms with Crippen LogP contribution in [0.2, 0.25) is 0 Å². The number of furan rings is 1. The van der Waals surface area contributed by atoms with Gasteiger partial charge in [0.1, 0.15) is 12.1 Å². The number of hydrogen-bond acceptors (Lipinski definition) is 3. The molecular formula is C14H12N2O2. The molecular weight excluding hydrogens is 228 g/mol. The van der Waals surface area contributed by atoms with Crippen LogP contribution in [0.5, 0.6) is 0 Å². The zero-order chi connectivity index (χ0) is 12.5. The third kappa shape index (κ3) is 1.93. The molecule has 90 valence electrons. The van der Waals surface area contributed by atoms with Gasteiger partial charge in [0, 0.05) is 11.6 Å². The number of fused-ring (bicyclic) bond motifs is 1. The predicted molar refractivity (Wildman–Crippen MR) is 67.5 cm³/mol. The van der Waals surface area contributed by atoms with Gasteiger partial charge in [-0.3, -0.25) is 9.48 Å². The number of hydrogen-bond donors (Lipinski definition) is 0. The summed E-state index contributed by atoms with van der Waals surface area (Å²) in [5.41, 5.74) is 1.77. The molecule has 18 heavy (non-hydrogen) atoms. The Bertz CT molecular complexity index is 676. The fourth-order valence-corrected chi connectivity index (χ4v) is 1.90. The molecule has 0 N–H and O–H groups in total. The predicted octanol–water partition coefficient (Wildman–Crippen LogP) is 2.82. The summed E-state index contributed by atoms with van der Waals surface area (Å²) in [4.78, 5) is 12.0. The monoisotopic (exact) mass is 240 g/mol. The van der Waals surface area contributed by atoms with E-state index < -0.39 is 0 Å². The normalized spacial score (nSPS) is 10.9. The van der Waals surface area contributed by atoms with Gasteiger partial charge in [-0.2, -0.15) is 5.10 Å². The lowest BCUT2D eigenvalue weighted by molar-refractivity contribution is 0.0942. The van der Waals surface area contributed by atoms with Crippen molar-refractivity contribution in [3.05, 3.63) is 54.0 Å². The highest BCUT2D eigenvalue weighted by atomic mass is 16.3. The first kappa shape index (κ1) is 10.8. The zero-order valence-electron chi connectivity index (χ0n) is 9.96. The minimum absolute atomic E-state index is 0.0747. The summed E-state index contributed by atoms with van der Waals surface area (Å²) in [5, 5.41) is 5.03. The Morgan fingerprint density at radius 1 is 1.39 bits per heavy atom. The Kier molecular flexibility index (Phi) is 2.48. The van der Waals surface area contributed by atoms with Crippen molar-refractivity contribution in [1.82, 2.24) is 9.78 Å². The SMILES string of the molecule is Cc1cnn(CC(=O)c2cc3ccccc3o2)c1. The molecule has 0 aliphatic heterocycles. The van der Waals surface area contributed by atoms with E-state index in [1.165, 1.54) is 0 Å². The van der Waals surface area contributed by atoms with Gasteiger partial charge in [0.15, 0.2) is 5.76 Å². The molecule has 0 spiro atoms. The number of para-hydroxylation sites is 1. The van der Waals surface area contributed by atoms with Gasteiger partial charge in [0.05, 0.1) is 6.20 Å². The van der Waals surface area contributed by atoms with Crippen molar-refractivity contribution >= 4 is 16.8 Å². The Morgan fingerprint density at radius 3 is 2.94 bits per heavy atom. The van der Waals surface area contributed by atoms with Crippen molar-refractivity contribution in [2.75, 3.05) is 0 Å². The molecule has 0 amide bonds. The largest absolute Gasteiger partial charge is 0.453 e. The summed E-state index contributed by atoms with van der Waals surface area (Å²) < 4.78 is 7.13. The lowest BCUT2D eigenvalue weighted by Gasteiger charge is -1.97. The minimum atomic E-state index is -0.0747. The van der Waals surface area contributed by atoms with E-state index in [1.807, 2.05) is 37.4 Å². The van der Waals surface area contributed by atoms with Gasteiger partial charge in [-0.25, -0.2) is 0 Å². The second-order valence-corrected chi connectivity index (χ2v) is 4.29. The molecule has 3 rings (SSSR count). The maximum atomic E-state index is 12.0. The Balaban J connectivity index is 1.87. The van der Waals surface area contributed by atoms with E-state index in [4.69, 9.17) is 4.42 Å². The van der Waals surface area contributed by atoms with Crippen LogP contribution in [0.15, 0.2) is 47.1 Å². The van der Waals surface area contributed by atoms with Crippen LogP contribution in [0.4, 0.5) is 0 Å².